The molecule has 0 saturated heterocycles. The maximum Gasteiger partial charge on any atom is 0.416 e. The topological polar surface area (TPSA) is 99.8 Å². The van der Waals surface area contributed by atoms with Crippen molar-refractivity contribution in [2.45, 2.75) is 18.5 Å². The van der Waals surface area contributed by atoms with E-state index >= 15 is 0 Å². The predicted octanol–water partition coefficient (Wildman–Crippen LogP) is 3.60. The predicted molar refractivity (Wildman–Crippen MR) is 105 cm³/mol. The molecule has 4 N–H and O–H groups in total. The summed E-state index contributed by atoms with van der Waals surface area (Å²) in [5, 5.41) is 7.67. The van der Waals surface area contributed by atoms with Crippen LogP contribution in [0.3, 0.4) is 0 Å². The SMILES string of the molecule is Cn1nncc1-c1c(Cl)sc(C(N)=O)c1[C@@H](CN)Cc1ccccc1C(F)(F)F. The van der Waals surface area contributed by atoms with E-state index < -0.39 is 23.6 Å². The Morgan fingerprint density at radius 1 is 1.34 bits per heavy atom. The summed E-state index contributed by atoms with van der Waals surface area (Å²) in [6.07, 6.45) is -3.10. The van der Waals surface area contributed by atoms with Gasteiger partial charge in [0.15, 0.2) is 0 Å². The molecule has 0 spiro atoms. The molecule has 2 aromatic heterocycles. The van der Waals surface area contributed by atoms with Crippen LogP contribution in [0, 0.1) is 0 Å². The van der Waals surface area contributed by atoms with Gasteiger partial charge in [0.25, 0.3) is 5.91 Å². The third-order valence-electron chi connectivity index (χ3n) is 4.58. The molecule has 0 aliphatic carbocycles. The molecular formula is C18H17ClF3N5OS. The van der Waals surface area contributed by atoms with Crippen LogP contribution in [0.4, 0.5) is 13.2 Å². The van der Waals surface area contributed by atoms with E-state index in [2.05, 4.69) is 10.3 Å². The van der Waals surface area contributed by atoms with Gasteiger partial charge in [-0.2, -0.15) is 13.2 Å². The maximum atomic E-state index is 13.4. The number of hydrogen-bond acceptors (Lipinski definition) is 5. The number of carbonyl (C=O) groups excluding carboxylic acids is 1. The zero-order valence-corrected chi connectivity index (χ0v) is 16.8. The molecule has 154 valence electrons. The van der Waals surface area contributed by atoms with Crippen molar-refractivity contribution in [1.82, 2.24) is 15.0 Å². The molecule has 0 unspecified atom stereocenters. The number of nitrogens with zero attached hydrogens (tertiary/aromatic N) is 3. The molecule has 2 heterocycles. The summed E-state index contributed by atoms with van der Waals surface area (Å²) < 4.78 is 42.0. The molecule has 6 nitrogen and oxygen atoms in total. The zero-order valence-electron chi connectivity index (χ0n) is 15.2. The molecule has 0 aliphatic rings. The average molecular weight is 444 g/mol. The van der Waals surface area contributed by atoms with Gasteiger partial charge < -0.3 is 11.5 Å². The molecule has 11 heteroatoms. The number of aryl methyl sites for hydroxylation is 1. The summed E-state index contributed by atoms with van der Waals surface area (Å²) >= 11 is 7.35. The number of hydrogen-bond donors (Lipinski definition) is 2. The molecule has 0 aliphatic heterocycles. The van der Waals surface area contributed by atoms with E-state index in [1.807, 2.05) is 0 Å². The van der Waals surface area contributed by atoms with E-state index in [9.17, 15) is 18.0 Å². The molecule has 0 radical (unpaired) electrons. The monoisotopic (exact) mass is 443 g/mol. The Balaban J connectivity index is 2.16. The second-order valence-corrected chi connectivity index (χ2v) is 8.02. The highest BCUT2D eigenvalue weighted by Crippen LogP contribution is 2.44. The first-order valence-corrected chi connectivity index (χ1v) is 9.66. The van der Waals surface area contributed by atoms with E-state index in [1.165, 1.54) is 29.1 Å². The molecule has 1 aromatic carbocycles. The lowest BCUT2D eigenvalue weighted by Crippen LogP contribution is -2.21. The van der Waals surface area contributed by atoms with Crippen LogP contribution in [0.1, 0.15) is 32.3 Å². The van der Waals surface area contributed by atoms with Crippen LogP contribution < -0.4 is 11.5 Å². The van der Waals surface area contributed by atoms with Gasteiger partial charge in [0.1, 0.15) is 4.34 Å². The van der Waals surface area contributed by atoms with Gasteiger partial charge in [-0.15, -0.1) is 16.4 Å². The minimum atomic E-state index is -4.51. The van der Waals surface area contributed by atoms with Gasteiger partial charge in [0.05, 0.1) is 22.3 Å². The third kappa shape index (κ3) is 4.14. The van der Waals surface area contributed by atoms with Crippen LogP contribution in [-0.2, 0) is 19.6 Å². The lowest BCUT2D eigenvalue weighted by molar-refractivity contribution is -0.138. The Morgan fingerprint density at radius 3 is 2.59 bits per heavy atom. The highest BCUT2D eigenvalue weighted by atomic mass is 35.5. The quantitative estimate of drug-likeness (QED) is 0.608. The average Bonchev–Trinajstić information content (AvgIpc) is 3.21. The van der Waals surface area contributed by atoms with Crippen LogP contribution in [0.5, 0.6) is 0 Å². The van der Waals surface area contributed by atoms with Crippen LogP contribution >= 0.6 is 22.9 Å². The molecule has 3 aromatic rings. The lowest BCUT2D eigenvalue weighted by Gasteiger charge is -2.20. The van der Waals surface area contributed by atoms with E-state index in [0.29, 0.717) is 16.8 Å². The number of primary amides is 1. The van der Waals surface area contributed by atoms with Crippen molar-refractivity contribution in [1.29, 1.82) is 0 Å². The van der Waals surface area contributed by atoms with E-state index in [4.69, 9.17) is 23.1 Å². The second-order valence-electron chi connectivity index (χ2n) is 6.39. The van der Waals surface area contributed by atoms with Crippen LogP contribution in [0.25, 0.3) is 11.3 Å². The van der Waals surface area contributed by atoms with E-state index in [-0.39, 0.29) is 27.7 Å². The molecular weight excluding hydrogens is 427 g/mol. The molecule has 1 atom stereocenters. The number of carbonyl (C=O) groups is 1. The molecule has 1 amide bonds. The van der Waals surface area contributed by atoms with Crippen molar-refractivity contribution in [2.24, 2.45) is 18.5 Å². The van der Waals surface area contributed by atoms with Crippen molar-refractivity contribution in [3.8, 4) is 11.3 Å². The Morgan fingerprint density at radius 2 is 2.03 bits per heavy atom. The number of alkyl halides is 3. The van der Waals surface area contributed by atoms with Gasteiger partial charge in [-0.3, -0.25) is 4.79 Å². The standard InChI is InChI=1S/C18H17ClF3N5OS/c1-27-12(8-25-26-27)14-13(15(17(24)28)29-16(14)19)10(7-23)6-9-4-2-3-5-11(9)18(20,21)22/h2-5,8,10H,6-7,23H2,1H3,(H2,24,28)/t10-/m1/s1. The minimum Gasteiger partial charge on any atom is -0.365 e. The molecule has 3 rings (SSSR count). The number of thiophene rings is 1. The summed E-state index contributed by atoms with van der Waals surface area (Å²) in [7, 11) is 1.64. The van der Waals surface area contributed by atoms with Crippen LogP contribution in [0.15, 0.2) is 30.5 Å². The first kappa shape index (κ1) is 21.3. The summed E-state index contributed by atoms with van der Waals surface area (Å²) in [5.41, 5.74) is 12.2. The van der Waals surface area contributed by atoms with Crippen LogP contribution in [-0.4, -0.2) is 27.4 Å². The lowest BCUT2D eigenvalue weighted by atomic mass is 9.87. The molecule has 0 fully saturated rings. The molecule has 0 bridgehead atoms. The zero-order chi connectivity index (χ0) is 21.3. The number of benzene rings is 1. The molecule has 29 heavy (non-hydrogen) atoms. The largest absolute Gasteiger partial charge is 0.416 e. The first-order valence-electron chi connectivity index (χ1n) is 8.47. The van der Waals surface area contributed by atoms with Gasteiger partial charge >= 0.3 is 6.18 Å². The Hall–Kier alpha value is -2.43. The summed E-state index contributed by atoms with van der Waals surface area (Å²) in [4.78, 5) is 12.2. The fraction of sp³-hybridized carbons (Fsp3) is 0.278. The number of amides is 1. The summed E-state index contributed by atoms with van der Waals surface area (Å²) in [5.74, 6) is -1.36. The summed E-state index contributed by atoms with van der Waals surface area (Å²) in [6, 6.07) is 5.27. The van der Waals surface area contributed by atoms with Gasteiger partial charge in [0, 0.05) is 18.5 Å². The highest BCUT2D eigenvalue weighted by molar-refractivity contribution is 7.18. The fourth-order valence-corrected chi connectivity index (χ4v) is 4.69. The van der Waals surface area contributed by atoms with Crippen molar-refractivity contribution >= 4 is 28.8 Å². The Bertz CT molecular complexity index is 1050. The van der Waals surface area contributed by atoms with Gasteiger partial charge in [-0.25, -0.2) is 4.68 Å². The smallest absolute Gasteiger partial charge is 0.365 e. The van der Waals surface area contributed by atoms with Crippen molar-refractivity contribution in [2.75, 3.05) is 6.54 Å². The van der Waals surface area contributed by atoms with Gasteiger partial charge in [-0.1, -0.05) is 35.0 Å². The number of nitrogens with two attached hydrogens (primary N) is 2. The number of rotatable bonds is 6. The Labute approximate surface area is 173 Å². The maximum absolute atomic E-state index is 13.4. The second kappa shape index (κ2) is 8.13. The third-order valence-corrected chi connectivity index (χ3v) is 6.01. The normalized spacial score (nSPS) is 12.9. The highest BCUT2D eigenvalue weighted by Gasteiger charge is 2.35. The van der Waals surface area contributed by atoms with Crippen LogP contribution in [0.2, 0.25) is 4.34 Å². The van der Waals surface area contributed by atoms with Crippen molar-refractivity contribution in [3.05, 3.63) is 56.4 Å². The summed E-state index contributed by atoms with van der Waals surface area (Å²) in [6.45, 7) is -0.0161. The van der Waals surface area contributed by atoms with Gasteiger partial charge in [-0.05, 0) is 30.2 Å². The number of aromatic nitrogens is 3. The van der Waals surface area contributed by atoms with Crippen molar-refractivity contribution < 1.29 is 18.0 Å². The minimum absolute atomic E-state index is 0.0161. The van der Waals surface area contributed by atoms with Crippen molar-refractivity contribution in [3.63, 3.8) is 0 Å². The fourth-order valence-electron chi connectivity index (χ4n) is 3.29. The molecule has 0 saturated carbocycles. The van der Waals surface area contributed by atoms with E-state index in [0.717, 1.165) is 17.4 Å². The van der Waals surface area contributed by atoms with Gasteiger partial charge in [0.2, 0.25) is 0 Å². The Kier molecular flexibility index (Phi) is 5.97. The number of halogens is 4. The first-order chi connectivity index (χ1) is 13.6. The van der Waals surface area contributed by atoms with E-state index in [1.54, 1.807) is 7.05 Å².